The molecule has 100 valence electrons. The summed E-state index contributed by atoms with van der Waals surface area (Å²) < 4.78 is 34.6. The van der Waals surface area contributed by atoms with E-state index < -0.39 is 6.17 Å². The third kappa shape index (κ3) is 1.51. The first-order valence-electron chi connectivity index (χ1n) is 5.72. The minimum atomic E-state index is -3.34. The zero-order valence-electron chi connectivity index (χ0n) is 10.4. The van der Waals surface area contributed by atoms with Crippen LogP contribution in [0.15, 0.2) is 47.0 Å². The molecule has 7 heteroatoms. The van der Waals surface area contributed by atoms with Crippen molar-refractivity contribution in [2.45, 2.75) is 6.17 Å². The summed E-state index contributed by atoms with van der Waals surface area (Å²) in [5, 5.41) is 9.30. The third-order valence-electron chi connectivity index (χ3n) is 3.09. The van der Waals surface area contributed by atoms with Crippen molar-refractivity contribution in [3.8, 4) is 6.07 Å². The van der Waals surface area contributed by atoms with Crippen molar-refractivity contribution in [1.82, 2.24) is 4.90 Å². The minimum absolute atomic E-state index is 0.0653. The molecule has 5 nitrogen and oxygen atoms in total. The Morgan fingerprint density at radius 2 is 2.25 bits per heavy atom. The molecule has 1 aromatic rings. The predicted molar refractivity (Wildman–Crippen MR) is 64.8 cm³/mol. The highest BCUT2D eigenvalue weighted by molar-refractivity contribution is 5.82. The van der Waals surface area contributed by atoms with Gasteiger partial charge in [-0.3, -0.25) is 0 Å². The fourth-order valence-electron chi connectivity index (χ4n) is 2.16. The van der Waals surface area contributed by atoms with Crippen LogP contribution in [-0.2, 0) is 10.9 Å². The molecule has 0 spiro atoms. The van der Waals surface area contributed by atoms with Gasteiger partial charge in [-0.25, -0.2) is 9.89 Å². The molecule has 0 radical (unpaired) electrons. The van der Waals surface area contributed by atoms with Gasteiger partial charge in [0.1, 0.15) is 18.0 Å². The van der Waals surface area contributed by atoms with Gasteiger partial charge in [0.15, 0.2) is 6.20 Å². The maximum atomic E-state index is 14.5. The first kappa shape index (κ1) is 12.3. The number of halogens is 2. The number of nitrogens with zero attached hydrogens (tertiary/aromatic N) is 4. The van der Waals surface area contributed by atoms with Crippen molar-refractivity contribution >= 4 is 11.9 Å². The van der Waals surface area contributed by atoms with Crippen molar-refractivity contribution in [1.29, 1.82) is 5.26 Å². The number of aliphatic imine (C=N–C) groups is 1. The summed E-state index contributed by atoms with van der Waals surface area (Å²) in [4.78, 5) is 4.43. The van der Waals surface area contributed by atoms with Gasteiger partial charge in [-0.2, -0.15) is 5.26 Å². The third-order valence-corrected chi connectivity index (χ3v) is 3.09. The van der Waals surface area contributed by atoms with Crippen molar-refractivity contribution in [3.63, 3.8) is 0 Å². The van der Waals surface area contributed by atoms with Gasteiger partial charge in [0, 0.05) is 18.2 Å². The van der Waals surface area contributed by atoms with Crippen molar-refractivity contribution < 1.29 is 18.1 Å². The SMILES string of the molecule is COC1=CC2=C(C#N)c3cccc[n+]3C(F)(F)N2C=N1. The average molecular weight is 275 g/mol. The van der Waals surface area contributed by atoms with Crippen LogP contribution in [0.1, 0.15) is 5.69 Å². The van der Waals surface area contributed by atoms with Gasteiger partial charge in [-0.1, -0.05) is 0 Å². The summed E-state index contributed by atoms with van der Waals surface area (Å²) in [5.74, 6) is 0.171. The molecule has 0 saturated carbocycles. The molecule has 2 aliphatic rings. The van der Waals surface area contributed by atoms with Gasteiger partial charge in [0.05, 0.1) is 12.8 Å². The molecule has 2 aliphatic heterocycles. The summed E-state index contributed by atoms with van der Waals surface area (Å²) in [7, 11) is 1.38. The summed E-state index contributed by atoms with van der Waals surface area (Å²) in [6.07, 6.45) is 0.176. The molecule has 0 fully saturated rings. The van der Waals surface area contributed by atoms with Crippen LogP contribution in [0.2, 0.25) is 0 Å². The lowest BCUT2D eigenvalue weighted by Crippen LogP contribution is -2.64. The number of fused-ring (bicyclic) bond motifs is 2. The van der Waals surface area contributed by atoms with E-state index in [4.69, 9.17) is 4.74 Å². The van der Waals surface area contributed by atoms with Crippen LogP contribution >= 0.6 is 0 Å². The van der Waals surface area contributed by atoms with Gasteiger partial charge in [0.2, 0.25) is 11.6 Å². The molecule has 0 aromatic carbocycles. The number of rotatable bonds is 1. The molecule has 0 atom stereocenters. The van der Waals surface area contributed by atoms with Gasteiger partial charge in [0.25, 0.3) is 0 Å². The van der Waals surface area contributed by atoms with Crippen LogP contribution in [-0.4, -0.2) is 18.3 Å². The lowest BCUT2D eigenvalue weighted by atomic mass is 10.1. The summed E-state index contributed by atoms with van der Waals surface area (Å²) in [5.41, 5.74) is 0.348. The monoisotopic (exact) mass is 275 g/mol. The number of hydrogen-bond acceptors (Lipinski definition) is 4. The number of ether oxygens (including phenoxy) is 1. The Morgan fingerprint density at radius 3 is 2.95 bits per heavy atom. The van der Waals surface area contributed by atoms with Crippen LogP contribution in [0, 0.1) is 11.3 Å². The first-order valence-corrected chi connectivity index (χ1v) is 5.72. The maximum absolute atomic E-state index is 14.5. The Kier molecular flexibility index (Phi) is 2.54. The number of alkyl halides is 2. The minimum Gasteiger partial charge on any atom is -0.481 e. The van der Waals surface area contributed by atoms with E-state index in [0.29, 0.717) is 4.90 Å². The quantitative estimate of drug-likeness (QED) is 0.577. The highest BCUT2D eigenvalue weighted by Gasteiger charge is 2.55. The molecule has 3 rings (SSSR count). The molecule has 0 aliphatic carbocycles. The van der Waals surface area contributed by atoms with E-state index in [1.165, 1.54) is 31.5 Å². The van der Waals surface area contributed by atoms with Gasteiger partial charge in [-0.15, -0.1) is 13.3 Å². The van der Waals surface area contributed by atoms with Crippen LogP contribution in [0.25, 0.3) is 5.57 Å². The van der Waals surface area contributed by atoms with E-state index in [-0.39, 0.29) is 22.8 Å². The molecule has 0 amide bonds. The number of hydrogen-bond donors (Lipinski definition) is 0. The molecule has 20 heavy (non-hydrogen) atoms. The maximum Gasteiger partial charge on any atom is 0.566 e. The van der Waals surface area contributed by atoms with E-state index in [0.717, 1.165) is 10.9 Å². The van der Waals surface area contributed by atoms with E-state index in [9.17, 15) is 14.0 Å². The number of aromatic nitrogens is 1. The molecular formula is C13H9F2N4O+. The highest BCUT2D eigenvalue weighted by Crippen LogP contribution is 2.35. The summed E-state index contributed by atoms with van der Waals surface area (Å²) >= 11 is 0. The topological polar surface area (TPSA) is 52.5 Å². The molecule has 0 saturated heterocycles. The fraction of sp³-hybridized carbons (Fsp3) is 0.154. The number of methoxy groups -OCH3 is 1. The number of nitriles is 1. The van der Waals surface area contributed by atoms with E-state index in [1.54, 1.807) is 6.07 Å². The molecule has 0 unspecified atom stereocenters. The van der Waals surface area contributed by atoms with E-state index >= 15 is 0 Å². The Bertz CT molecular complexity index is 715. The van der Waals surface area contributed by atoms with E-state index in [1.807, 2.05) is 6.07 Å². The van der Waals surface area contributed by atoms with Crippen molar-refractivity contribution in [2.24, 2.45) is 4.99 Å². The second kappa shape index (κ2) is 4.13. The van der Waals surface area contributed by atoms with Crippen LogP contribution in [0.4, 0.5) is 8.78 Å². The van der Waals surface area contributed by atoms with Gasteiger partial charge in [-0.05, 0) is 6.07 Å². The second-order valence-electron chi connectivity index (χ2n) is 4.14. The normalized spacial score (nSPS) is 18.9. The smallest absolute Gasteiger partial charge is 0.481 e. The van der Waals surface area contributed by atoms with Crippen molar-refractivity contribution in [2.75, 3.05) is 7.11 Å². The summed E-state index contributed by atoms with van der Waals surface area (Å²) in [6, 6.07) is 6.52. The number of allylic oxidation sites excluding steroid dienone is 2. The lowest BCUT2D eigenvalue weighted by Gasteiger charge is -2.31. The zero-order valence-corrected chi connectivity index (χ0v) is 10.4. The fourth-order valence-corrected chi connectivity index (χ4v) is 2.16. The highest BCUT2D eigenvalue weighted by atomic mass is 19.3. The Hall–Kier alpha value is -2.75. The van der Waals surface area contributed by atoms with E-state index in [2.05, 4.69) is 4.99 Å². The molecule has 3 heterocycles. The standard InChI is InChI=1S/C13H9F2N4O/c1-20-12-6-11-9(7-16)10-4-2-3-5-18(10)13(14,15)19(11)8-17-12/h2-6,8H,1H3/q+1. The van der Waals surface area contributed by atoms with Crippen molar-refractivity contribution in [3.05, 3.63) is 47.7 Å². The van der Waals surface area contributed by atoms with Crippen LogP contribution < -0.4 is 4.57 Å². The first-order chi connectivity index (χ1) is 9.59. The molecule has 0 N–H and O–H groups in total. The Morgan fingerprint density at radius 1 is 1.45 bits per heavy atom. The van der Waals surface area contributed by atoms with Crippen LogP contribution in [0.3, 0.4) is 0 Å². The lowest BCUT2D eigenvalue weighted by molar-refractivity contribution is -0.846. The summed E-state index contributed by atoms with van der Waals surface area (Å²) in [6.45, 7) is 0. The zero-order chi connectivity index (χ0) is 14.3. The number of pyridine rings is 1. The molecule has 1 aromatic heterocycles. The second-order valence-corrected chi connectivity index (χ2v) is 4.14. The average Bonchev–Trinajstić information content (AvgIpc) is 2.47. The van der Waals surface area contributed by atoms with Gasteiger partial charge >= 0.3 is 6.17 Å². The Balaban J connectivity index is 2.33. The predicted octanol–water partition coefficient (Wildman–Crippen LogP) is 1.56. The van der Waals surface area contributed by atoms with Gasteiger partial charge < -0.3 is 4.74 Å². The largest absolute Gasteiger partial charge is 0.566 e. The molecular weight excluding hydrogens is 266 g/mol. The Labute approximate surface area is 113 Å². The van der Waals surface area contributed by atoms with Crippen LogP contribution in [0.5, 0.6) is 0 Å². The molecule has 0 bridgehead atoms.